The molecule has 0 bridgehead atoms. The molecule has 0 atom stereocenters. The van der Waals surface area contributed by atoms with Crippen LogP contribution >= 0.6 is 11.8 Å². The van der Waals surface area contributed by atoms with E-state index < -0.39 is 33.7 Å². The quantitative estimate of drug-likeness (QED) is 0.827. The van der Waals surface area contributed by atoms with Gasteiger partial charge < -0.3 is 10.8 Å². The van der Waals surface area contributed by atoms with Gasteiger partial charge in [0, 0.05) is 11.4 Å². The number of carbonyl (C=O) groups is 1. The fourth-order valence-electron chi connectivity index (χ4n) is 1.39. The number of halogens is 3. The maximum Gasteiger partial charge on any atom is 0.446 e. The Kier molecular flexibility index (Phi) is 4.21. The van der Waals surface area contributed by atoms with Crippen molar-refractivity contribution in [1.82, 2.24) is 0 Å². The highest BCUT2D eigenvalue weighted by atomic mass is 32.2. The lowest BCUT2D eigenvalue weighted by Gasteiger charge is -2.12. The summed E-state index contributed by atoms with van der Waals surface area (Å²) in [5.74, 6) is -1.54. The third-order valence-corrected chi connectivity index (χ3v) is 2.83. The minimum Gasteiger partial charge on any atom is -0.478 e. The zero-order valence-electron chi connectivity index (χ0n) is 8.78. The fourth-order valence-corrected chi connectivity index (χ4v) is 2.09. The van der Waals surface area contributed by atoms with Crippen molar-refractivity contribution in [3.8, 4) is 6.07 Å². The minimum atomic E-state index is -4.61. The second-order valence-electron chi connectivity index (χ2n) is 3.13. The number of carboxylic acids is 1. The first-order valence-corrected chi connectivity index (χ1v) is 5.37. The number of nitriles is 1. The first-order chi connectivity index (χ1) is 8.30. The largest absolute Gasteiger partial charge is 0.478 e. The number of thioether (sulfide) groups is 1. The van der Waals surface area contributed by atoms with E-state index in [0.29, 0.717) is 0 Å². The number of alkyl halides is 3. The summed E-state index contributed by atoms with van der Waals surface area (Å²) in [4.78, 5) is 10.5. The van der Waals surface area contributed by atoms with Gasteiger partial charge in [-0.15, -0.1) is 0 Å². The van der Waals surface area contributed by atoms with Crippen molar-refractivity contribution in [1.29, 1.82) is 5.26 Å². The summed E-state index contributed by atoms with van der Waals surface area (Å²) in [7, 11) is 0. The van der Waals surface area contributed by atoms with Gasteiger partial charge in [0.1, 0.15) is 0 Å². The molecule has 1 aromatic rings. The highest BCUT2D eigenvalue weighted by Crippen LogP contribution is 2.39. The van der Waals surface area contributed by atoms with E-state index in [-0.39, 0.29) is 17.7 Å². The van der Waals surface area contributed by atoms with Crippen molar-refractivity contribution in [2.24, 2.45) is 5.73 Å². The van der Waals surface area contributed by atoms with Gasteiger partial charge in [-0.3, -0.25) is 0 Å². The van der Waals surface area contributed by atoms with Gasteiger partial charge in [-0.2, -0.15) is 18.4 Å². The van der Waals surface area contributed by atoms with E-state index in [2.05, 4.69) is 0 Å². The second kappa shape index (κ2) is 5.29. The molecular formula is C10H7F3N2O2S. The number of hydrogen-bond donors (Lipinski definition) is 2. The molecule has 1 rings (SSSR count). The first-order valence-electron chi connectivity index (χ1n) is 4.55. The average molecular weight is 276 g/mol. The van der Waals surface area contributed by atoms with E-state index in [1.807, 2.05) is 0 Å². The van der Waals surface area contributed by atoms with Gasteiger partial charge >= 0.3 is 11.5 Å². The van der Waals surface area contributed by atoms with Gasteiger partial charge in [0.15, 0.2) is 0 Å². The predicted octanol–water partition coefficient (Wildman–Crippen LogP) is 2.33. The van der Waals surface area contributed by atoms with Crippen molar-refractivity contribution in [3.63, 3.8) is 0 Å². The molecule has 0 aliphatic carbocycles. The van der Waals surface area contributed by atoms with Crippen LogP contribution in [0.2, 0.25) is 0 Å². The zero-order valence-corrected chi connectivity index (χ0v) is 9.60. The van der Waals surface area contributed by atoms with Crippen LogP contribution in [0, 0.1) is 11.3 Å². The second-order valence-corrected chi connectivity index (χ2v) is 4.24. The summed E-state index contributed by atoms with van der Waals surface area (Å²) in [6, 6.07) is 3.78. The Morgan fingerprint density at radius 1 is 1.50 bits per heavy atom. The first kappa shape index (κ1) is 14.3. The molecule has 3 N–H and O–H groups in total. The van der Waals surface area contributed by atoms with Gasteiger partial charge in [-0.1, -0.05) is 0 Å². The number of aromatic carboxylic acids is 1. The van der Waals surface area contributed by atoms with Crippen LogP contribution in [0.1, 0.15) is 21.5 Å². The molecule has 4 nitrogen and oxygen atoms in total. The van der Waals surface area contributed by atoms with Crippen LogP contribution < -0.4 is 5.73 Å². The molecule has 0 unspecified atom stereocenters. The average Bonchev–Trinajstić information content (AvgIpc) is 2.25. The van der Waals surface area contributed by atoms with Crippen molar-refractivity contribution < 1.29 is 23.1 Å². The summed E-state index contributed by atoms with van der Waals surface area (Å²) in [6.45, 7) is -0.323. The smallest absolute Gasteiger partial charge is 0.446 e. The summed E-state index contributed by atoms with van der Waals surface area (Å²) < 4.78 is 36.8. The zero-order chi connectivity index (χ0) is 13.9. The van der Waals surface area contributed by atoms with E-state index in [1.54, 1.807) is 6.07 Å². The molecule has 0 saturated carbocycles. The summed E-state index contributed by atoms with van der Waals surface area (Å²) in [5.41, 5.74) is -0.0232. The Balaban J connectivity index is 3.46. The highest BCUT2D eigenvalue weighted by molar-refractivity contribution is 8.00. The van der Waals surface area contributed by atoms with E-state index in [9.17, 15) is 18.0 Å². The van der Waals surface area contributed by atoms with Crippen LogP contribution in [-0.2, 0) is 6.54 Å². The SMILES string of the molecule is N#Cc1ccc(SC(F)(F)F)c(C(=O)O)c1CN. The summed E-state index contributed by atoms with van der Waals surface area (Å²) in [5, 5.41) is 17.7. The van der Waals surface area contributed by atoms with Gasteiger partial charge in [-0.25, -0.2) is 4.79 Å². The van der Waals surface area contributed by atoms with E-state index in [0.717, 1.165) is 12.1 Å². The molecule has 0 spiro atoms. The number of nitrogens with zero attached hydrogens (tertiary/aromatic N) is 1. The molecule has 18 heavy (non-hydrogen) atoms. The minimum absolute atomic E-state index is 0.0403. The van der Waals surface area contributed by atoms with E-state index in [1.165, 1.54) is 0 Å². The van der Waals surface area contributed by atoms with Crippen LogP contribution in [0.3, 0.4) is 0 Å². The summed E-state index contributed by atoms with van der Waals surface area (Å²) in [6.07, 6.45) is 0. The number of hydrogen-bond acceptors (Lipinski definition) is 4. The third-order valence-electron chi connectivity index (χ3n) is 2.04. The Hall–Kier alpha value is -1.72. The lowest BCUT2D eigenvalue weighted by molar-refractivity contribution is -0.0328. The van der Waals surface area contributed by atoms with Gasteiger partial charge in [0.05, 0.1) is 17.2 Å². The maximum absolute atomic E-state index is 12.3. The number of carboxylic acid groups (broad SMARTS) is 1. The van der Waals surface area contributed by atoms with Gasteiger partial charge in [0.2, 0.25) is 0 Å². The highest BCUT2D eigenvalue weighted by Gasteiger charge is 2.32. The van der Waals surface area contributed by atoms with Crippen molar-refractivity contribution in [3.05, 3.63) is 28.8 Å². The molecule has 0 radical (unpaired) electrons. The Morgan fingerprint density at radius 3 is 2.50 bits per heavy atom. The molecule has 0 heterocycles. The van der Waals surface area contributed by atoms with Crippen LogP contribution in [0.25, 0.3) is 0 Å². The van der Waals surface area contributed by atoms with Crippen molar-refractivity contribution >= 4 is 17.7 Å². The molecule has 0 saturated heterocycles. The lowest BCUT2D eigenvalue weighted by Crippen LogP contribution is -2.12. The normalized spacial score (nSPS) is 11.1. The Morgan fingerprint density at radius 2 is 2.11 bits per heavy atom. The van der Waals surface area contributed by atoms with Crippen LogP contribution in [0.15, 0.2) is 17.0 Å². The van der Waals surface area contributed by atoms with E-state index in [4.69, 9.17) is 16.1 Å². The monoisotopic (exact) mass is 276 g/mol. The van der Waals surface area contributed by atoms with Crippen LogP contribution in [-0.4, -0.2) is 16.6 Å². The third kappa shape index (κ3) is 3.15. The maximum atomic E-state index is 12.3. The Labute approximate surface area is 104 Å². The number of benzene rings is 1. The topological polar surface area (TPSA) is 87.1 Å². The van der Waals surface area contributed by atoms with Gasteiger partial charge in [-0.05, 0) is 29.5 Å². The van der Waals surface area contributed by atoms with Crippen molar-refractivity contribution in [2.75, 3.05) is 0 Å². The molecule has 96 valence electrons. The van der Waals surface area contributed by atoms with E-state index >= 15 is 0 Å². The molecule has 1 aromatic carbocycles. The molecule has 0 aromatic heterocycles. The molecule has 0 amide bonds. The van der Waals surface area contributed by atoms with Crippen LogP contribution in [0.5, 0.6) is 0 Å². The van der Waals surface area contributed by atoms with Gasteiger partial charge in [0.25, 0.3) is 0 Å². The molecule has 0 aliphatic heterocycles. The molecule has 0 aliphatic rings. The number of rotatable bonds is 3. The lowest BCUT2D eigenvalue weighted by atomic mass is 10.0. The summed E-state index contributed by atoms with van der Waals surface area (Å²) >= 11 is -0.541. The standard InChI is InChI=1S/C10H7F3N2O2S/c11-10(12,13)18-7-2-1-5(3-14)6(4-15)8(7)9(16)17/h1-2H,4,15H2,(H,16,17). The molecule has 0 fully saturated rings. The van der Waals surface area contributed by atoms with Crippen LogP contribution in [0.4, 0.5) is 13.2 Å². The predicted molar refractivity (Wildman–Crippen MR) is 57.9 cm³/mol. The molecule has 8 heteroatoms. The number of nitrogens with two attached hydrogens (primary N) is 1. The van der Waals surface area contributed by atoms with Crippen molar-refractivity contribution in [2.45, 2.75) is 16.9 Å². The Bertz CT molecular complexity index is 523. The fraction of sp³-hybridized carbons (Fsp3) is 0.200. The molecular weight excluding hydrogens is 269 g/mol.